The Labute approximate surface area is 122 Å². The molecular formula is C15H16N2O4. The zero-order valence-electron chi connectivity index (χ0n) is 11.7. The molecule has 110 valence electrons. The number of hydrogen-bond acceptors (Lipinski definition) is 5. The van der Waals surface area contributed by atoms with Crippen LogP contribution in [0.25, 0.3) is 0 Å². The van der Waals surface area contributed by atoms with Gasteiger partial charge in [0.1, 0.15) is 11.5 Å². The number of phenols is 1. The van der Waals surface area contributed by atoms with E-state index in [1.165, 1.54) is 26.4 Å². The van der Waals surface area contributed by atoms with Crippen LogP contribution in [-0.2, 0) is 0 Å². The van der Waals surface area contributed by atoms with Crippen LogP contribution in [0.3, 0.4) is 0 Å². The molecule has 0 aliphatic rings. The molecule has 2 aromatic carbocycles. The molecule has 0 fully saturated rings. The normalized spacial score (nSPS) is 10.0. The number of carbonyl (C=O) groups excluding carboxylic acids is 1. The molecule has 4 N–H and O–H groups in total. The van der Waals surface area contributed by atoms with E-state index in [-0.39, 0.29) is 17.0 Å². The van der Waals surface area contributed by atoms with E-state index in [9.17, 15) is 9.90 Å². The van der Waals surface area contributed by atoms with Crippen molar-refractivity contribution in [1.29, 1.82) is 0 Å². The Hall–Kier alpha value is -2.89. The summed E-state index contributed by atoms with van der Waals surface area (Å²) in [5.41, 5.74) is 6.30. The van der Waals surface area contributed by atoms with Gasteiger partial charge >= 0.3 is 0 Å². The van der Waals surface area contributed by atoms with Crippen LogP contribution in [0.1, 0.15) is 10.4 Å². The average molecular weight is 288 g/mol. The van der Waals surface area contributed by atoms with Crippen LogP contribution in [0.4, 0.5) is 11.4 Å². The molecule has 0 spiro atoms. The summed E-state index contributed by atoms with van der Waals surface area (Å²) in [6.45, 7) is 0. The number of ether oxygens (including phenoxy) is 2. The second-order valence-electron chi connectivity index (χ2n) is 4.30. The van der Waals surface area contributed by atoms with Crippen LogP contribution in [0, 0.1) is 0 Å². The molecule has 0 atom stereocenters. The fourth-order valence-corrected chi connectivity index (χ4v) is 1.82. The van der Waals surface area contributed by atoms with Gasteiger partial charge in [-0.25, -0.2) is 0 Å². The van der Waals surface area contributed by atoms with E-state index in [4.69, 9.17) is 15.2 Å². The lowest BCUT2D eigenvalue weighted by Gasteiger charge is -2.11. The first-order valence-corrected chi connectivity index (χ1v) is 6.17. The van der Waals surface area contributed by atoms with Gasteiger partial charge in [-0.15, -0.1) is 0 Å². The quantitative estimate of drug-likeness (QED) is 0.592. The van der Waals surface area contributed by atoms with E-state index in [1.54, 1.807) is 24.3 Å². The molecular weight excluding hydrogens is 272 g/mol. The van der Waals surface area contributed by atoms with Crippen LogP contribution in [-0.4, -0.2) is 25.2 Å². The van der Waals surface area contributed by atoms with E-state index in [2.05, 4.69) is 5.32 Å². The van der Waals surface area contributed by atoms with Gasteiger partial charge in [0.2, 0.25) is 0 Å². The van der Waals surface area contributed by atoms with Crippen LogP contribution < -0.4 is 20.5 Å². The molecule has 2 aromatic rings. The number of hydrogen-bond donors (Lipinski definition) is 3. The Bertz CT molecular complexity index is 648. The largest absolute Gasteiger partial charge is 0.505 e. The van der Waals surface area contributed by atoms with Crippen molar-refractivity contribution in [3.8, 4) is 17.2 Å². The highest BCUT2D eigenvalue weighted by molar-refractivity contribution is 6.07. The lowest BCUT2D eigenvalue weighted by atomic mass is 10.1. The number of anilines is 2. The zero-order chi connectivity index (χ0) is 15.4. The Kier molecular flexibility index (Phi) is 4.18. The van der Waals surface area contributed by atoms with Gasteiger partial charge in [-0.05, 0) is 12.1 Å². The number of rotatable bonds is 4. The summed E-state index contributed by atoms with van der Waals surface area (Å²) in [6.07, 6.45) is 0. The van der Waals surface area contributed by atoms with E-state index in [1.807, 2.05) is 0 Å². The van der Waals surface area contributed by atoms with Crippen LogP contribution in [0.5, 0.6) is 17.2 Å². The first-order valence-electron chi connectivity index (χ1n) is 6.17. The van der Waals surface area contributed by atoms with Crippen molar-refractivity contribution in [2.24, 2.45) is 0 Å². The smallest absolute Gasteiger partial charge is 0.259 e. The average Bonchev–Trinajstić information content (AvgIpc) is 2.49. The van der Waals surface area contributed by atoms with Gasteiger partial charge in [-0.1, -0.05) is 6.07 Å². The van der Waals surface area contributed by atoms with Crippen molar-refractivity contribution in [1.82, 2.24) is 0 Å². The Morgan fingerprint density at radius 1 is 1.14 bits per heavy atom. The topological polar surface area (TPSA) is 93.8 Å². The van der Waals surface area contributed by atoms with Crippen LogP contribution in [0.15, 0.2) is 36.4 Å². The minimum Gasteiger partial charge on any atom is -0.505 e. The van der Waals surface area contributed by atoms with Gasteiger partial charge in [0.15, 0.2) is 5.75 Å². The van der Waals surface area contributed by atoms with Crippen molar-refractivity contribution in [2.45, 2.75) is 0 Å². The predicted octanol–water partition coefficient (Wildman–Crippen LogP) is 2.24. The molecule has 0 unspecified atom stereocenters. The third-order valence-electron chi connectivity index (χ3n) is 2.92. The first-order chi connectivity index (χ1) is 10.0. The SMILES string of the molecule is COc1cc(NC(=O)c2cccc(N)c2O)cc(OC)c1. The minimum atomic E-state index is -0.477. The van der Waals surface area contributed by atoms with Gasteiger partial charge in [0.25, 0.3) is 5.91 Å². The van der Waals surface area contributed by atoms with Crippen molar-refractivity contribution >= 4 is 17.3 Å². The molecule has 0 aromatic heterocycles. The van der Waals surface area contributed by atoms with Crippen molar-refractivity contribution in [3.05, 3.63) is 42.0 Å². The number of phenolic OH excluding ortho intramolecular Hbond substituents is 1. The highest BCUT2D eigenvalue weighted by atomic mass is 16.5. The zero-order valence-corrected chi connectivity index (χ0v) is 11.7. The molecule has 6 nitrogen and oxygen atoms in total. The number of para-hydroxylation sites is 1. The van der Waals surface area contributed by atoms with Crippen molar-refractivity contribution < 1.29 is 19.4 Å². The van der Waals surface area contributed by atoms with Gasteiger partial charge in [-0.3, -0.25) is 4.79 Å². The summed E-state index contributed by atoms with van der Waals surface area (Å²) in [6, 6.07) is 9.57. The number of nitrogens with one attached hydrogen (secondary N) is 1. The maximum Gasteiger partial charge on any atom is 0.259 e. The fraction of sp³-hybridized carbons (Fsp3) is 0.133. The number of benzene rings is 2. The highest BCUT2D eigenvalue weighted by Crippen LogP contribution is 2.28. The summed E-state index contributed by atoms with van der Waals surface area (Å²) < 4.78 is 10.3. The summed E-state index contributed by atoms with van der Waals surface area (Å²) in [4.78, 5) is 12.2. The molecule has 0 aliphatic carbocycles. The molecule has 1 amide bonds. The van der Waals surface area contributed by atoms with Crippen LogP contribution >= 0.6 is 0 Å². The first kappa shape index (κ1) is 14.5. The molecule has 0 saturated carbocycles. The molecule has 0 radical (unpaired) electrons. The lowest BCUT2D eigenvalue weighted by Crippen LogP contribution is -2.12. The number of nitrogen functional groups attached to an aromatic ring is 1. The summed E-state index contributed by atoms with van der Waals surface area (Å²) in [5, 5.41) is 12.5. The molecule has 0 heterocycles. The highest BCUT2D eigenvalue weighted by Gasteiger charge is 2.14. The summed E-state index contributed by atoms with van der Waals surface area (Å²) >= 11 is 0. The maximum absolute atomic E-state index is 12.2. The third kappa shape index (κ3) is 3.17. The molecule has 0 bridgehead atoms. The number of nitrogens with two attached hydrogens (primary N) is 1. The molecule has 6 heteroatoms. The number of aromatic hydroxyl groups is 1. The van der Waals surface area contributed by atoms with Gasteiger partial charge < -0.3 is 25.6 Å². The van der Waals surface area contributed by atoms with E-state index in [0.717, 1.165) is 0 Å². The Balaban J connectivity index is 2.29. The fourth-order valence-electron chi connectivity index (χ4n) is 1.82. The molecule has 0 saturated heterocycles. The number of carbonyl (C=O) groups is 1. The summed E-state index contributed by atoms with van der Waals surface area (Å²) in [5.74, 6) is 0.364. The Morgan fingerprint density at radius 3 is 2.33 bits per heavy atom. The van der Waals surface area contributed by atoms with Crippen molar-refractivity contribution in [2.75, 3.05) is 25.3 Å². The lowest BCUT2D eigenvalue weighted by molar-refractivity contribution is 0.102. The number of amides is 1. The van der Waals surface area contributed by atoms with Crippen LogP contribution in [0.2, 0.25) is 0 Å². The second kappa shape index (κ2) is 6.04. The van der Waals surface area contributed by atoms with Gasteiger partial charge in [-0.2, -0.15) is 0 Å². The van der Waals surface area contributed by atoms with Gasteiger partial charge in [0.05, 0.1) is 25.5 Å². The number of methoxy groups -OCH3 is 2. The second-order valence-corrected chi connectivity index (χ2v) is 4.30. The van der Waals surface area contributed by atoms with E-state index < -0.39 is 5.91 Å². The molecule has 0 aliphatic heterocycles. The summed E-state index contributed by atoms with van der Waals surface area (Å²) in [7, 11) is 3.04. The minimum absolute atomic E-state index is 0.0942. The Morgan fingerprint density at radius 2 is 1.76 bits per heavy atom. The predicted molar refractivity (Wildman–Crippen MR) is 80.0 cm³/mol. The maximum atomic E-state index is 12.2. The van der Waals surface area contributed by atoms with Crippen molar-refractivity contribution in [3.63, 3.8) is 0 Å². The molecule has 21 heavy (non-hydrogen) atoms. The third-order valence-corrected chi connectivity index (χ3v) is 2.92. The van der Waals surface area contributed by atoms with E-state index >= 15 is 0 Å². The monoisotopic (exact) mass is 288 g/mol. The van der Waals surface area contributed by atoms with Gasteiger partial charge in [0, 0.05) is 23.9 Å². The standard InChI is InChI=1S/C15H16N2O4/c1-20-10-6-9(7-11(8-10)21-2)17-15(19)12-4-3-5-13(16)14(12)18/h3-8,18H,16H2,1-2H3,(H,17,19). The van der Waals surface area contributed by atoms with E-state index in [0.29, 0.717) is 17.2 Å². The molecule has 2 rings (SSSR count).